The Morgan fingerprint density at radius 2 is 1.83 bits per heavy atom. The quantitative estimate of drug-likeness (QED) is 0.528. The SMILES string of the molecule is Fc1cccc(Cl)c1COc1ccc2ccccc2c1CNCCN1CCNCC1. The Kier molecular flexibility index (Phi) is 7.18. The van der Waals surface area contributed by atoms with Crippen molar-refractivity contribution in [3.8, 4) is 5.75 Å². The van der Waals surface area contributed by atoms with Crippen molar-refractivity contribution in [1.29, 1.82) is 0 Å². The van der Waals surface area contributed by atoms with Crippen molar-refractivity contribution in [2.75, 3.05) is 39.3 Å². The molecule has 1 fully saturated rings. The summed E-state index contributed by atoms with van der Waals surface area (Å²) in [7, 11) is 0. The molecule has 0 unspecified atom stereocenters. The van der Waals surface area contributed by atoms with E-state index in [9.17, 15) is 4.39 Å². The summed E-state index contributed by atoms with van der Waals surface area (Å²) in [6.07, 6.45) is 0. The number of piperazine rings is 1. The van der Waals surface area contributed by atoms with Gasteiger partial charge in [0.05, 0.1) is 5.02 Å². The van der Waals surface area contributed by atoms with E-state index in [0.717, 1.165) is 61.4 Å². The second-order valence-electron chi connectivity index (χ2n) is 7.52. The van der Waals surface area contributed by atoms with Crippen molar-refractivity contribution >= 4 is 22.4 Å². The lowest BCUT2D eigenvalue weighted by Gasteiger charge is -2.27. The lowest BCUT2D eigenvalue weighted by molar-refractivity contribution is 0.240. The van der Waals surface area contributed by atoms with Crippen LogP contribution in [0.3, 0.4) is 0 Å². The van der Waals surface area contributed by atoms with Gasteiger partial charge >= 0.3 is 0 Å². The third-order valence-electron chi connectivity index (χ3n) is 5.55. The van der Waals surface area contributed by atoms with E-state index in [1.807, 2.05) is 24.3 Å². The van der Waals surface area contributed by atoms with Crippen LogP contribution in [0.5, 0.6) is 5.75 Å². The summed E-state index contributed by atoms with van der Waals surface area (Å²) in [5.41, 5.74) is 1.46. The van der Waals surface area contributed by atoms with Gasteiger partial charge in [0.15, 0.2) is 0 Å². The molecular formula is C24H27ClFN3O. The second kappa shape index (κ2) is 10.2. The summed E-state index contributed by atoms with van der Waals surface area (Å²) in [5.74, 6) is 0.404. The Morgan fingerprint density at radius 3 is 2.67 bits per heavy atom. The number of rotatable bonds is 8. The highest BCUT2D eigenvalue weighted by atomic mass is 35.5. The van der Waals surface area contributed by atoms with Crippen molar-refractivity contribution < 1.29 is 9.13 Å². The highest BCUT2D eigenvalue weighted by molar-refractivity contribution is 6.31. The largest absolute Gasteiger partial charge is 0.488 e. The van der Waals surface area contributed by atoms with Gasteiger partial charge in [-0.05, 0) is 29.0 Å². The smallest absolute Gasteiger partial charge is 0.131 e. The summed E-state index contributed by atoms with van der Waals surface area (Å²) in [6.45, 7) is 7.00. The van der Waals surface area contributed by atoms with Crippen LogP contribution in [-0.2, 0) is 13.2 Å². The molecule has 158 valence electrons. The van der Waals surface area contributed by atoms with Crippen LogP contribution in [0.4, 0.5) is 4.39 Å². The Morgan fingerprint density at radius 1 is 1.00 bits per heavy atom. The molecule has 4 rings (SSSR count). The molecule has 0 aromatic heterocycles. The summed E-state index contributed by atoms with van der Waals surface area (Å²) in [5, 5.41) is 9.62. The average Bonchev–Trinajstić information content (AvgIpc) is 2.77. The molecule has 4 nitrogen and oxygen atoms in total. The van der Waals surface area contributed by atoms with Crippen LogP contribution in [0.2, 0.25) is 5.02 Å². The molecule has 0 bridgehead atoms. The van der Waals surface area contributed by atoms with Crippen LogP contribution in [0, 0.1) is 5.82 Å². The minimum atomic E-state index is -0.348. The molecule has 0 atom stereocenters. The first-order valence-corrected chi connectivity index (χ1v) is 10.8. The van der Waals surface area contributed by atoms with Gasteiger partial charge in [0.1, 0.15) is 18.2 Å². The fourth-order valence-corrected chi connectivity index (χ4v) is 4.06. The Hall–Kier alpha value is -2.18. The highest BCUT2D eigenvalue weighted by Gasteiger charge is 2.13. The summed E-state index contributed by atoms with van der Waals surface area (Å²) >= 11 is 6.17. The van der Waals surface area contributed by atoms with E-state index < -0.39 is 0 Å². The zero-order chi connectivity index (χ0) is 20.8. The number of ether oxygens (including phenoxy) is 1. The van der Waals surface area contributed by atoms with Crippen LogP contribution < -0.4 is 15.4 Å². The van der Waals surface area contributed by atoms with Gasteiger partial charge in [0.25, 0.3) is 0 Å². The predicted molar refractivity (Wildman–Crippen MR) is 121 cm³/mol. The standard InChI is InChI=1S/C24H27ClFN3O/c25-22-6-3-7-23(26)21(22)17-30-24-9-8-18-4-1-2-5-19(18)20(24)16-28-12-15-29-13-10-27-11-14-29/h1-9,27-28H,10-17H2. The molecule has 1 saturated heterocycles. The van der Waals surface area contributed by atoms with Crippen molar-refractivity contribution in [1.82, 2.24) is 15.5 Å². The van der Waals surface area contributed by atoms with Crippen molar-refractivity contribution in [3.05, 3.63) is 76.6 Å². The van der Waals surface area contributed by atoms with E-state index in [1.165, 1.54) is 6.07 Å². The zero-order valence-corrected chi connectivity index (χ0v) is 17.7. The van der Waals surface area contributed by atoms with Gasteiger partial charge < -0.3 is 15.4 Å². The van der Waals surface area contributed by atoms with E-state index in [1.54, 1.807) is 12.1 Å². The number of fused-ring (bicyclic) bond motifs is 1. The van der Waals surface area contributed by atoms with Gasteiger partial charge in [0.2, 0.25) is 0 Å². The molecule has 2 N–H and O–H groups in total. The van der Waals surface area contributed by atoms with Crippen molar-refractivity contribution in [2.45, 2.75) is 13.2 Å². The fourth-order valence-electron chi connectivity index (χ4n) is 3.84. The van der Waals surface area contributed by atoms with Crippen LogP contribution in [0.15, 0.2) is 54.6 Å². The summed E-state index contributed by atoms with van der Waals surface area (Å²) in [4.78, 5) is 2.46. The normalized spacial score (nSPS) is 14.9. The fraction of sp³-hybridized carbons (Fsp3) is 0.333. The molecule has 0 aliphatic carbocycles. The van der Waals surface area contributed by atoms with Crippen molar-refractivity contribution in [2.24, 2.45) is 0 Å². The molecule has 1 aliphatic rings. The van der Waals surface area contributed by atoms with Crippen LogP contribution in [-0.4, -0.2) is 44.2 Å². The van der Waals surface area contributed by atoms with E-state index in [2.05, 4.69) is 27.7 Å². The summed E-state index contributed by atoms with van der Waals surface area (Å²) in [6, 6.07) is 17.0. The van der Waals surface area contributed by atoms with Crippen LogP contribution in [0.1, 0.15) is 11.1 Å². The Labute approximate surface area is 182 Å². The number of nitrogens with one attached hydrogen (secondary N) is 2. The topological polar surface area (TPSA) is 36.5 Å². The monoisotopic (exact) mass is 427 g/mol. The third kappa shape index (κ3) is 5.10. The Bertz CT molecular complexity index is 971. The first-order chi connectivity index (χ1) is 14.7. The highest BCUT2D eigenvalue weighted by Crippen LogP contribution is 2.30. The number of benzene rings is 3. The Balaban J connectivity index is 1.48. The molecule has 0 radical (unpaired) electrons. The maximum Gasteiger partial charge on any atom is 0.131 e. The first kappa shape index (κ1) is 21.1. The minimum Gasteiger partial charge on any atom is -0.488 e. The minimum absolute atomic E-state index is 0.0949. The van der Waals surface area contributed by atoms with Gasteiger partial charge in [-0.1, -0.05) is 48.0 Å². The van der Waals surface area contributed by atoms with Gasteiger partial charge in [-0.3, -0.25) is 4.90 Å². The van der Waals surface area contributed by atoms with E-state index in [0.29, 0.717) is 17.1 Å². The van der Waals surface area contributed by atoms with Gasteiger partial charge in [0, 0.05) is 56.9 Å². The van der Waals surface area contributed by atoms with E-state index in [4.69, 9.17) is 16.3 Å². The van der Waals surface area contributed by atoms with E-state index in [-0.39, 0.29) is 12.4 Å². The number of halogens is 2. The molecule has 0 amide bonds. The molecule has 3 aromatic carbocycles. The molecule has 3 aromatic rings. The van der Waals surface area contributed by atoms with Crippen LogP contribution >= 0.6 is 11.6 Å². The van der Waals surface area contributed by atoms with Crippen LogP contribution in [0.25, 0.3) is 10.8 Å². The second-order valence-corrected chi connectivity index (χ2v) is 7.93. The molecule has 1 heterocycles. The maximum atomic E-state index is 14.1. The molecule has 1 aliphatic heterocycles. The van der Waals surface area contributed by atoms with Gasteiger partial charge in [-0.2, -0.15) is 0 Å². The van der Waals surface area contributed by atoms with Crippen molar-refractivity contribution in [3.63, 3.8) is 0 Å². The zero-order valence-electron chi connectivity index (χ0n) is 17.0. The number of hydrogen-bond donors (Lipinski definition) is 2. The molecule has 0 saturated carbocycles. The number of nitrogens with zero attached hydrogens (tertiary/aromatic N) is 1. The lowest BCUT2D eigenvalue weighted by Crippen LogP contribution is -2.45. The van der Waals surface area contributed by atoms with Gasteiger partial charge in [-0.25, -0.2) is 4.39 Å². The number of hydrogen-bond acceptors (Lipinski definition) is 4. The third-order valence-corrected chi connectivity index (χ3v) is 5.90. The lowest BCUT2D eigenvalue weighted by atomic mass is 10.0. The van der Waals surface area contributed by atoms with E-state index >= 15 is 0 Å². The molecule has 6 heteroatoms. The first-order valence-electron chi connectivity index (χ1n) is 10.4. The molecule has 30 heavy (non-hydrogen) atoms. The maximum absolute atomic E-state index is 14.1. The molecule has 0 spiro atoms. The average molecular weight is 428 g/mol. The molecular weight excluding hydrogens is 401 g/mol. The summed E-state index contributed by atoms with van der Waals surface area (Å²) < 4.78 is 20.2. The predicted octanol–water partition coefficient (Wildman–Crippen LogP) is 4.21. The van der Waals surface area contributed by atoms with Gasteiger partial charge in [-0.15, -0.1) is 0 Å².